The van der Waals surface area contributed by atoms with E-state index in [-0.39, 0.29) is 28.2 Å². The molecule has 0 saturated heterocycles. The Hall–Kier alpha value is -0.556. The first-order chi connectivity index (χ1) is 16.2. The molecule has 1 aliphatic rings. The predicted molar refractivity (Wildman–Crippen MR) is 153 cm³/mol. The van der Waals surface area contributed by atoms with Crippen LogP contribution in [0, 0.1) is 5.92 Å². The highest BCUT2D eigenvalue weighted by atomic mass is 32.2. The largest absolute Gasteiger partial charge is 0.416 e. The number of hydrogen-bond donors (Lipinski definition) is 0. The van der Waals surface area contributed by atoms with Crippen LogP contribution < -0.4 is 0 Å². The van der Waals surface area contributed by atoms with Crippen LogP contribution in [0.3, 0.4) is 0 Å². The molecule has 1 aromatic rings. The topological polar surface area (TPSA) is 71.1 Å². The molecule has 0 amide bonds. The lowest BCUT2D eigenvalue weighted by atomic mass is 9.83. The van der Waals surface area contributed by atoms with E-state index in [1.54, 1.807) is 0 Å². The molecular weight excluding hydrogens is 509 g/mol. The first-order valence-corrected chi connectivity index (χ1v) is 20.7. The van der Waals surface area contributed by atoms with Gasteiger partial charge in [-0.25, -0.2) is 0 Å². The van der Waals surface area contributed by atoms with Gasteiger partial charge in [-0.3, -0.25) is 4.18 Å². The van der Waals surface area contributed by atoms with Crippen LogP contribution >= 0.6 is 0 Å². The minimum atomic E-state index is -3.67. The van der Waals surface area contributed by atoms with E-state index in [0.717, 1.165) is 11.8 Å². The minimum Gasteiger partial charge on any atom is -0.416 e. The lowest BCUT2D eigenvalue weighted by Crippen LogP contribution is -2.55. The van der Waals surface area contributed by atoms with Crippen LogP contribution in [-0.2, 0) is 34.5 Å². The predicted octanol–water partition coefficient (Wildman–Crippen LogP) is 6.74. The number of hydrogen-bond acceptors (Lipinski definition) is 6. The van der Waals surface area contributed by atoms with Crippen molar-refractivity contribution in [3.63, 3.8) is 0 Å². The van der Waals surface area contributed by atoms with Crippen molar-refractivity contribution in [2.24, 2.45) is 5.92 Å². The second-order valence-corrected chi connectivity index (χ2v) is 24.5. The molecule has 4 atom stereocenters. The highest BCUT2D eigenvalue weighted by Crippen LogP contribution is 2.43. The number of rotatable bonds is 10. The summed E-state index contributed by atoms with van der Waals surface area (Å²) in [5, 5.41) is 0.0643. The van der Waals surface area contributed by atoms with Crippen molar-refractivity contribution < 1.29 is 26.2 Å². The summed E-state index contributed by atoms with van der Waals surface area (Å²) in [5.41, 5.74) is 1.09. The second-order valence-electron chi connectivity index (χ2n) is 13.4. The Kier molecular flexibility index (Phi) is 10.3. The van der Waals surface area contributed by atoms with E-state index in [1.165, 1.54) is 0 Å². The standard InChI is InChI=1S/C27H50O6SSi2/c1-26(2,3)35(8,9)31-20-23-24(32-34(7,28)29)17-22(30-19-21-15-13-12-14-16-21)18-25(23)33-36(10,11)27(4,5)6/h12-16,22-25H,17-20H2,1-11H3. The summed E-state index contributed by atoms with van der Waals surface area (Å²) in [6, 6.07) is 10.0. The molecule has 208 valence electrons. The average Bonchev–Trinajstić information content (AvgIpc) is 2.69. The van der Waals surface area contributed by atoms with Crippen molar-refractivity contribution in [2.75, 3.05) is 12.9 Å². The summed E-state index contributed by atoms with van der Waals surface area (Å²) in [7, 11) is -7.88. The minimum absolute atomic E-state index is 0.0167. The van der Waals surface area contributed by atoms with Crippen LogP contribution in [0.5, 0.6) is 0 Å². The smallest absolute Gasteiger partial charge is 0.264 e. The molecule has 0 spiro atoms. The molecule has 2 rings (SSSR count). The lowest BCUT2D eigenvalue weighted by molar-refractivity contribution is -0.0950. The number of benzene rings is 1. The van der Waals surface area contributed by atoms with Gasteiger partial charge in [-0.05, 0) is 48.2 Å². The zero-order chi connectivity index (χ0) is 27.6. The molecule has 0 N–H and O–H groups in total. The number of ether oxygens (including phenoxy) is 1. The van der Waals surface area contributed by atoms with E-state index in [9.17, 15) is 8.42 Å². The average molecular weight is 559 g/mol. The van der Waals surface area contributed by atoms with E-state index >= 15 is 0 Å². The summed E-state index contributed by atoms with van der Waals surface area (Å²) in [6.07, 6.45) is 1.36. The fourth-order valence-electron chi connectivity index (χ4n) is 3.89. The van der Waals surface area contributed by atoms with E-state index < -0.39 is 32.9 Å². The van der Waals surface area contributed by atoms with Gasteiger partial charge in [-0.1, -0.05) is 71.9 Å². The van der Waals surface area contributed by atoms with E-state index in [2.05, 4.69) is 67.7 Å². The molecular formula is C27H50O6SSi2. The van der Waals surface area contributed by atoms with Crippen molar-refractivity contribution >= 4 is 26.8 Å². The van der Waals surface area contributed by atoms with Gasteiger partial charge in [0.05, 0.1) is 31.2 Å². The van der Waals surface area contributed by atoms with Gasteiger partial charge in [-0.2, -0.15) is 8.42 Å². The molecule has 36 heavy (non-hydrogen) atoms. The maximum absolute atomic E-state index is 12.3. The summed E-state index contributed by atoms with van der Waals surface area (Å²) in [6.45, 7) is 23.1. The Morgan fingerprint density at radius 2 is 1.39 bits per heavy atom. The summed E-state index contributed by atoms with van der Waals surface area (Å²) in [5.74, 6) is -0.195. The lowest BCUT2D eigenvalue weighted by Gasteiger charge is -2.47. The van der Waals surface area contributed by atoms with Gasteiger partial charge in [0, 0.05) is 18.9 Å². The van der Waals surface area contributed by atoms with E-state index in [4.69, 9.17) is 17.8 Å². The Morgan fingerprint density at radius 1 is 0.861 bits per heavy atom. The van der Waals surface area contributed by atoms with Gasteiger partial charge in [-0.15, -0.1) is 0 Å². The van der Waals surface area contributed by atoms with Crippen molar-refractivity contribution in [1.29, 1.82) is 0 Å². The Labute approximate surface area is 222 Å². The van der Waals surface area contributed by atoms with Gasteiger partial charge >= 0.3 is 0 Å². The molecule has 1 aromatic carbocycles. The van der Waals surface area contributed by atoms with Crippen LogP contribution in [0.25, 0.3) is 0 Å². The Morgan fingerprint density at radius 3 is 1.89 bits per heavy atom. The van der Waals surface area contributed by atoms with Crippen molar-refractivity contribution in [3.8, 4) is 0 Å². The van der Waals surface area contributed by atoms with Gasteiger partial charge in [0.25, 0.3) is 10.1 Å². The summed E-state index contributed by atoms with van der Waals surface area (Å²) < 4.78 is 50.3. The third kappa shape index (κ3) is 9.03. The molecule has 4 unspecified atom stereocenters. The van der Waals surface area contributed by atoms with Crippen molar-refractivity contribution in [1.82, 2.24) is 0 Å². The SMILES string of the molecule is CC(C)(C)[Si](C)(C)OCC1C(O[Si](C)(C)C(C)(C)C)CC(OCc2ccccc2)CC1OS(C)(=O)=O. The highest BCUT2D eigenvalue weighted by molar-refractivity contribution is 7.86. The molecule has 0 radical (unpaired) electrons. The van der Waals surface area contributed by atoms with Crippen molar-refractivity contribution in [3.05, 3.63) is 35.9 Å². The molecule has 1 saturated carbocycles. The van der Waals surface area contributed by atoms with E-state index in [1.807, 2.05) is 30.3 Å². The Balaban J connectivity index is 2.36. The third-order valence-corrected chi connectivity index (χ3v) is 17.9. The molecule has 0 aliphatic heterocycles. The zero-order valence-corrected chi connectivity index (χ0v) is 27.2. The van der Waals surface area contributed by atoms with Crippen LogP contribution in [0.15, 0.2) is 30.3 Å². The molecule has 0 aromatic heterocycles. The first-order valence-electron chi connectivity index (χ1n) is 13.1. The van der Waals surface area contributed by atoms with Crippen LogP contribution in [-0.4, -0.2) is 56.2 Å². The van der Waals surface area contributed by atoms with Gasteiger partial charge in [0.2, 0.25) is 0 Å². The van der Waals surface area contributed by atoms with Gasteiger partial charge in [0.15, 0.2) is 16.6 Å². The maximum Gasteiger partial charge on any atom is 0.264 e. The van der Waals surface area contributed by atoms with Crippen LogP contribution in [0.1, 0.15) is 59.9 Å². The molecule has 1 aliphatic carbocycles. The van der Waals surface area contributed by atoms with Gasteiger partial charge < -0.3 is 13.6 Å². The van der Waals surface area contributed by atoms with E-state index in [0.29, 0.717) is 26.1 Å². The second kappa shape index (κ2) is 11.7. The highest BCUT2D eigenvalue weighted by Gasteiger charge is 2.48. The monoisotopic (exact) mass is 558 g/mol. The third-order valence-electron chi connectivity index (χ3n) is 8.27. The molecule has 6 nitrogen and oxygen atoms in total. The van der Waals surface area contributed by atoms with Crippen molar-refractivity contribution in [2.45, 2.75) is 116 Å². The molecule has 1 fully saturated rings. The molecule has 0 bridgehead atoms. The maximum atomic E-state index is 12.3. The molecule has 0 heterocycles. The first kappa shape index (κ1) is 31.7. The quantitative estimate of drug-likeness (QED) is 0.234. The Bertz CT molecular complexity index is 935. The fourth-order valence-corrected chi connectivity index (χ4v) is 6.98. The van der Waals surface area contributed by atoms with Crippen LogP contribution in [0.2, 0.25) is 36.3 Å². The van der Waals surface area contributed by atoms with Crippen LogP contribution in [0.4, 0.5) is 0 Å². The molecule has 9 heteroatoms. The summed E-state index contributed by atoms with van der Waals surface area (Å²) in [4.78, 5) is 0. The fraction of sp³-hybridized carbons (Fsp3) is 0.778. The zero-order valence-electron chi connectivity index (χ0n) is 24.4. The summed E-state index contributed by atoms with van der Waals surface area (Å²) >= 11 is 0. The van der Waals surface area contributed by atoms with Gasteiger partial charge in [0.1, 0.15) is 0 Å². The normalized spacial score (nSPS) is 24.6.